The summed E-state index contributed by atoms with van der Waals surface area (Å²) in [4.78, 5) is 11.1. The maximum atomic E-state index is 11.1. The number of benzene rings is 1. The third-order valence-corrected chi connectivity index (χ3v) is 4.63. The van der Waals surface area contributed by atoms with Crippen LogP contribution in [0.2, 0.25) is 10.0 Å². The Morgan fingerprint density at radius 3 is 2.62 bits per heavy atom. The van der Waals surface area contributed by atoms with Crippen LogP contribution in [0.15, 0.2) is 18.2 Å². The van der Waals surface area contributed by atoms with E-state index in [1.54, 1.807) is 18.2 Å². The zero-order valence-corrected chi connectivity index (χ0v) is 13.2. The molecule has 1 atom stereocenters. The lowest BCUT2D eigenvalue weighted by atomic mass is 9.85. The van der Waals surface area contributed by atoms with Crippen molar-refractivity contribution in [2.45, 2.75) is 37.8 Å². The van der Waals surface area contributed by atoms with Gasteiger partial charge in [0, 0.05) is 34.1 Å². The van der Waals surface area contributed by atoms with Gasteiger partial charge in [-0.05, 0) is 43.9 Å². The van der Waals surface area contributed by atoms with Crippen LogP contribution in [0.5, 0.6) is 0 Å². The van der Waals surface area contributed by atoms with Crippen molar-refractivity contribution >= 4 is 29.1 Å². The van der Waals surface area contributed by atoms with Crippen molar-refractivity contribution in [1.29, 1.82) is 0 Å². The molecule has 0 bridgehead atoms. The summed E-state index contributed by atoms with van der Waals surface area (Å²) in [5.41, 5.74) is 5.94. The monoisotopic (exact) mass is 330 g/mol. The molecule has 1 aliphatic carbocycles. The van der Waals surface area contributed by atoms with Gasteiger partial charge in [-0.2, -0.15) is 0 Å². The van der Waals surface area contributed by atoms with Crippen molar-refractivity contribution in [3.05, 3.63) is 33.8 Å². The van der Waals surface area contributed by atoms with E-state index in [1.807, 2.05) is 0 Å². The fourth-order valence-corrected chi connectivity index (χ4v) is 3.16. The number of carbonyl (C=O) groups excluding carboxylic acids is 1. The van der Waals surface area contributed by atoms with Crippen LogP contribution in [-0.4, -0.2) is 23.6 Å². The molecule has 1 unspecified atom stereocenters. The molecule has 1 aromatic rings. The summed E-state index contributed by atoms with van der Waals surface area (Å²) in [6.07, 6.45) is 2.69. The maximum absolute atomic E-state index is 11.1. The standard InChI is InChI=1S/C15H20Cl2N2O2/c16-10-3-6-13(17)12(7-10)14(20)8-19-11-4-1-9(2-5-11)15(18)21/h3,6-7,9,11,14,19-20H,1-2,4-5,8H2,(H2,18,21). The molecule has 0 spiro atoms. The second-order valence-electron chi connectivity index (χ2n) is 5.54. The number of hydrogen-bond donors (Lipinski definition) is 3. The van der Waals surface area contributed by atoms with Gasteiger partial charge in [-0.3, -0.25) is 4.79 Å². The molecule has 1 saturated carbocycles. The lowest BCUT2D eigenvalue weighted by Crippen LogP contribution is -2.38. The highest BCUT2D eigenvalue weighted by Crippen LogP contribution is 2.27. The van der Waals surface area contributed by atoms with Gasteiger partial charge in [-0.25, -0.2) is 0 Å². The van der Waals surface area contributed by atoms with E-state index < -0.39 is 6.10 Å². The highest BCUT2D eigenvalue weighted by atomic mass is 35.5. The number of nitrogens with two attached hydrogens (primary N) is 1. The lowest BCUT2D eigenvalue weighted by molar-refractivity contribution is -0.122. The van der Waals surface area contributed by atoms with E-state index in [1.165, 1.54) is 0 Å². The summed E-state index contributed by atoms with van der Waals surface area (Å²) in [6.45, 7) is 0.409. The SMILES string of the molecule is NC(=O)C1CCC(NCC(O)c2cc(Cl)ccc2Cl)CC1. The van der Waals surface area contributed by atoms with E-state index in [9.17, 15) is 9.90 Å². The summed E-state index contributed by atoms with van der Waals surface area (Å²) in [7, 11) is 0. The van der Waals surface area contributed by atoms with E-state index in [-0.39, 0.29) is 11.8 Å². The van der Waals surface area contributed by atoms with Crippen molar-refractivity contribution in [3.63, 3.8) is 0 Å². The van der Waals surface area contributed by atoms with Crippen molar-refractivity contribution in [2.24, 2.45) is 11.7 Å². The zero-order chi connectivity index (χ0) is 15.4. The summed E-state index contributed by atoms with van der Waals surface area (Å²) in [5.74, 6) is -0.213. The van der Waals surface area contributed by atoms with Gasteiger partial charge in [0.05, 0.1) is 6.10 Å². The molecule has 21 heavy (non-hydrogen) atoms. The Balaban J connectivity index is 1.83. The molecule has 116 valence electrons. The Morgan fingerprint density at radius 1 is 1.33 bits per heavy atom. The molecule has 0 aliphatic heterocycles. The number of nitrogens with one attached hydrogen (secondary N) is 1. The third kappa shape index (κ3) is 4.58. The minimum Gasteiger partial charge on any atom is -0.387 e. The predicted octanol–water partition coefficient (Wildman–Crippen LogP) is 2.66. The van der Waals surface area contributed by atoms with Crippen molar-refractivity contribution in [2.75, 3.05) is 6.54 Å². The summed E-state index contributed by atoms with van der Waals surface area (Å²) < 4.78 is 0. The highest BCUT2D eigenvalue weighted by molar-refractivity contribution is 6.33. The van der Waals surface area contributed by atoms with E-state index in [0.29, 0.717) is 28.2 Å². The van der Waals surface area contributed by atoms with Crippen LogP contribution in [-0.2, 0) is 4.79 Å². The average molecular weight is 331 g/mol. The fraction of sp³-hybridized carbons (Fsp3) is 0.533. The number of primary amides is 1. The topological polar surface area (TPSA) is 75.4 Å². The number of hydrogen-bond acceptors (Lipinski definition) is 3. The zero-order valence-electron chi connectivity index (χ0n) is 11.7. The molecule has 1 aliphatic rings. The van der Waals surface area contributed by atoms with Crippen LogP contribution in [0.4, 0.5) is 0 Å². The van der Waals surface area contributed by atoms with Crippen LogP contribution >= 0.6 is 23.2 Å². The Kier molecular flexibility index (Phi) is 5.88. The van der Waals surface area contributed by atoms with E-state index in [2.05, 4.69) is 5.32 Å². The Hall–Kier alpha value is -0.810. The molecule has 0 aromatic heterocycles. The first-order valence-electron chi connectivity index (χ1n) is 7.13. The Labute approximate surface area is 134 Å². The largest absolute Gasteiger partial charge is 0.387 e. The summed E-state index contributed by atoms with van der Waals surface area (Å²) >= 11 is 12.0. The van der Waals surface area contributed by atoms with E-state index in [4.69, 9.17) is 28.9 Å². The van der Waals surface area contributed by atoms with Crippen LogP contribution < -0.4 is 11.1 Å². The minimum absolute atomic E-state index is 0.00431. The van der Waals surface area contributed by atoms with Gasteiger partial charge in [0.2, 0.25) is 5.91 Å². The number of amides is 1. The number of aliphatic hydroxyl groups is 1. The van der Waals surface area contributed by atoms with E-state index in [0.717, 1.165) is 25.7 Å². The van der Waals surface area contributed by atoms with Crippen molar-refractivity contribution in [1.82, 2.24) is 5.32 Å². The second-order valence-corrected chi connectivity index (χ2v) is 6.38. The van der Waals surface area contributed by atoms with Crippen molar-refractivity contribution in [3.8, 4) is 0 Å². The third-order valence-electron chi connectivity index (χ3n) is 4.05. The van der Waals surface area contributed by atoms with Gasteiger partial charge in [-0.15, -0.1) is 0 Å². The molecule has 1 amide bonds. The lowest BCUT2D eigenvalue weighted by Gasteiger charge is -2.28. The van der Waals surface area contributed by atoms with Gasteiger partial charge in [0.25, 0.3) is 0 Å². The number of halogens is 2. The van der Waals surface area contributed by atoms with Crippen LogP contribution in [0.25, 0.3) is 0 Å². The average Bonchev–Trinajstić information content (AvgIpc) is 2.47. The molecule has 4 N–H and O–H groups in total. The van der Waals surface area contributed by atoms with Crippen LogP contribution in [0.1, 0.15) is 37.4 Å². The molecule has 6 heteroatoms. The van der Waals surface area contributed by atoms with Crippen LogP contribution in [0, 0.1) is 5.92 Å². The molecule has 0 saturated heterocycles. The normalized spacial score (nSPS) is 23.8. The fourth-order valence-electron chi connectivity index (χ4n) is 2.74. The number of carbonyl (C=O) groups is 1. The molecule has 4 nitrogen and oxygen atoms in total. The molecule has 1 aromatic carbocycles. The van der Waals surface area contributed by atoms with Gasteiger partial charge >= 0.3 is 0 Å². The maximum Gasteiger partial charge on any atom is 0.220 e. The number of aliphatic hydroxyl groups excluding tert-OH is 1. The number of rotatable bonds is 5. The molecular formula is C15H20Cl2N2O2. The summed E-state index contributed by atoms with van der Waals surface area (Å²) in [5, 5.41) is 14.6. The first-order valence-corrected chi connectivity index (χ1v) is 7.88. The molecule has 1 fully saturated rings. The van der Waals surface area contributed by atoms with Gasteiger partial charge in [0.15, 0.2) is 0 Å². The van der Waals surface area contributed by atoms with Gasteiger partial charge < -0.3 is 16.2 Å². The first-order chi connectivity index (χ1) is 9.97. The molecule has 2 rings (SSSR count). The molecule has 0 heterocycles. The van der Waals surface area contributed by atoms with Gasteiger partial charge in [0.1, 0.15) is 0 Å². The smallest absolute Gasteiger partial charge is 0.220 e. The quantitative estimate of drug-likeness (QED) is 0.776. The Bertz CT molecular complexity index is 502. The molecule has 0 radical (unpaired) electrons. The van der Waals surface area contributed by atoms with Crippen molar-refractivity contribution < 1.29 is 9.90 Å². The van der Waals surface area contributed by atoms with Crippen LogP contribution in [0.3, 0.4) is 0 Å². The minimum atomic E-state index is -0.704. The van der Waals surface area contributed by atoms with Gasteiger partial charge in [-0.1, -0.05) is 23.2 Å². The summed E-state index contributed by atoms with van der Waals surface area (Å²) in [6, 6.07) is 5.35. The van der Waals surface area contributed by atoms with E-state index >= 15 is 0 Å². The highest BCUT2D eigenvalue weighted by Gasteiger charge is 2.25. The molecular weight excluding hydrogens is 311 g/mol. The first kappa shape index (κ1) is 16.6. The predicted molar refractivity (Wildman–Crippen MR) is 84.4 cm³/mol. The second kappa shape index (κ2) is 7.45. The Morgan fingerprint density at radius 2 is 2.00 bits per heavy atom.